The van der Waals surface area contributed by atoms with Crippen molar-refractivity contribution in [2.24, 2.45) is 0 Å². The SMILES string of the molecule is COc1cc([N+](=O)[O-])ccc1NC(=O)[C@@H](C)Oc1ccc(F)cc1Cl. The van der Waals surface area contributed by atoms with Crippen LogP contribution in [-0.2, 0) is 4.79 Å². The van der Waals surface area contributed by atoms with Crippen molar-refractivity contribution in [1.29, 1.82) is 0 Å². The van der Waals surface area contributed by atoms with Crippen LogP contribution in [0.2, 0.25) is 5.02 Å². The monoisotopic (exact) mass is 368 g/mol. The van der Waals surface area contributed by atoms with Crippen molar-refractivity contribution in [3.05, 3.63) is 57.4 Å². The van der Waals surface area contributed by atoms with Crippen molar-refractivity contribution in [3.63, 3.8) is 0 Å². The maximum atomic E-state index is 13.0. The van der Waals surface area contributed by atoms with Crippen molar-refractivity contribution < 1.29 is 23.6 Å². The van der Waals surface area contributed by atoms with E-state index in [9.17, 15) is 19.3 Å². The van der Waals surface area contributed by atoms with Crippen LogP contribution in [0.25, 0.3) is 0 Å². The number of anilines is 1. The van der Waals surface area contributed by atoms with Crippen LogP contribution in [0.15, 0.2) is 36.4 Å². The number of methoxy groups -OCH3 is 1. The summed E-state index contributed by atoms with van der Waals surface area (Å²) in [6.07, 6.45) is -0.956. The Morgan fingerprint density at radius 1 is 1.28 bits per heavy atom. The van der Waals surface area contributed by atoms with Crippen molar-refractivity contribution in [2.75, 3.05) is 12.4 Å². The average Bonchev–Trinajstić information content (AvgIpc) is 2.57. The lowest BCUT2D eigenvalue weighted by Gasteiger charge is -2.16. The number of benzene rings is 2. The molecular formula is C16H14ClFN2O5. The van der Waals surface area contributed by atoms with Crippen LogP contribution in [0, 0.1) is 15.9 Å². The van der Waals surface area contributed by atoms with E-state index in [-0.39, 0.29) is 27.9 Å². The number of hydrogen-bond acceptors (Lipinski definition) is 5. The van der Waals surface area contributed by atoms with Gasteiger partial charge in [-0.05, 0) is 31.2 Å². The zero-order valence-corrected chi connectivity index (χ0v) is 14.0. The molecule has 9 heteroatoms. The number of nitrogens with one attached hydrogen (secondary N) is 1. The number of halogens is 2. The van der Waals surface area contributed by atoms with Gasteiger partial charge in [-0.1, -0.05) is 11.6 Å². The third-order valence-electron chi connectivity index (χ3n) is 3.22. The lowest BCUT2D eigenvalue weighted by atomic mass is 10.2. The summed E-state index contributed by atoms with van der Waals surface area (Å²) in [5, 5.41) is 13.4. The van der Waals surface area contributed by atoms with Gasteiger partial charge in [0.15, 0.2) is 6.10 Å². The maximum Gasteiger partial charge on any atom is 0.273 e. The number of ether oxygens (including phenoxy) is 2. The lowest BCUT2D eigenvalue weighted by Crippen LogP contribution is -2.30. The number of carbonyl (C=O) groups excluding carboxylic acids is 1. The van der Waals surface area contributed by atoms with Crippen molar-refractivity contribution in [2.45, 2.75) is 13.0 Å². The van der Waals surface area contributed by atoms with E-state index in [0.29, 0.717) is 0 Å². The minimum atomic E-state index is -0.956. The fraction of sp³-hybridized carbons (Fsp3) is 0.188. The molecule has 0 unspecified atom stereocenters. The highest BCUT2D eigenvalue weighted by Gasteiger charge is 2.19. The predicted octanol–water partition coefficient (Wildman–Crippen LogP) is 3.80. The first-order valence-electron chi connectivity index (χ1n) is 7.07. The number of nitro benzene ring substituents is 1. The predicted molar refractivity (Wildman–Crippen MR) is 89.8 cm³/mol. The lowest BCUT2D eigenvalue weighted by molar-refractivity contribution is -0.384. The number of amides is 1. The number of nitrogens with zero attached hydrogens (tertiary/aromatic N) is 1. The molecule has 0 bridgehead atoms. The molecular weight excluding hydrogens is 355 g/mol. The molecule has 25 heavy (non-hydrogen) atoms. The molecule has 1 amide bonds. The van der Waals surface area contributed by atoms with Crippen LogP contribution in [0.4, 0.5) is 15.8 Å². The summed E-state index contributed by atoms with van der Waals surface area (Å²) in [4.78, 5) is 22.4. The molecule has 0 fully saturated rings. The van der Waals surface area contributed by atoms with Gasteiger partial charge in [-0.2, -0.15) is 0 Å². The standard InChI is InChI=1S/C16H14ClFN2O5/c1-9(25-14-6-3-10(18)7-12(14)17)16(21)19-13-5-4-11(20(22)23)8-15(13)24-2/h3-9H,1-2H3,(H,19,21)/t9-/m1/s1. The first-order valence-corrected chi connectivity index (χ1v) is 7.44. The molecule has 1 N–H and O–H groups in total. The minimum Gasteiger partial charge on any atom is -0.494 e. The first kappa shape index (κ1) is 18.5. The summed E-state index contributed by atoms with van der Waals surface area (Å²) in [6, 6.07) is 7.32. The summed E-state index contributed by atoms with van der Waals surface area (Å²) < 4.78 is 23.5. The minimum absolute atomic E-state index is 0.0348. The van der Waals surface area contributed by atoms with E-state index < -0.39 is 22.8 Å². The summed E-state index contributed by atoms with van der Waals surface area (Å²) in [6.45, 7) is 1.48. The Bertz CT molecular complexity index is 815. The summed E-state index contributed by atoms with van der Waals surface area (Å²) >= 11 is 5.85. The van der Waals surface area contributed by atoms with Crippen LogP contribution in [0.5, 0.6) is 11.5 Å². The van der Waals surface area contributed by atoms with Crippen molar-refractivity contribution in [1.82, 2.24) is 0 Å². The van der Waals surface area contributed by atoms with E-state index >= 15 is 0 Å². The Labute approximate surface area is 147 Å². The largest absolute Gasteiger partial charge is 0.494 e. The van der Waals surface area contributed by atoms with Crippen molar-refractivity contribution >= 4 is 28.9 Å². The molecule has 0 radical (unpaired) electrons. The van der Waals surface area contributed by atoms with Gasteiger partial charge in [0.1, 0.15) is 17.3 Å². The molecule has 2 aromatic rings. The number of hydrogen-bond donors (Lipinski definition) is 1. The quantitative estimate of drug-likeness (QED) is 0.618. The van der Waals surface area contributed by atoms with E-state index in [2.05, 4.69) is 5.32 Å². The normalized spacial score (nSPS) is 11.5. The van der Waals surface area contributed by atoms with Gasteiger partial charge < -0.3 is 14.8 Å². The van der Waals surface area contributed by atoms with Gasteiger partial charge in [0.05, 0.1) is 28.8 Å². The molecule has 0 saturated heterocycles. The van der Waals surface area contributed by atoms with Gasteiger partial charge in [-0.15, -0.1) is 0 Å². The molecule has 0 saturated carbocycles. The fourth-order valence-corrected chi connectivity index (χ4v) is 2.16. The van der Waals surface area contributed by atoms with Crippen molar-refractivity contribution in [3.8, 4) is 11.5 Å². The highest BCUT2D eigenvalue weighted by Crippen LogP contribution is 2.30. The highest BCUT2D eigenvalue weighted by molar-refractivity contribution is 6.32. The highest BCUT2D eigenvalue weighted by atomic mass is 35.5. The summed E-state index contributed by atoms with van der Waals surface area (Å²) in [5.74, 6) is -0.770. The third-order valence-corrected chi connectivity index (χ3v) is 3.52. The van der Waals surface area contributed by atoms with Crippen LogP contribution < -0.4 is 14.8 Å². The number of nitro groups is 1. The third kappa shape index (κ3) is 4.57. The van der Waals surface area contributed by atoms with E-state index in [1.54, 1.807) is 0 Å². The van der Waals surface area contributed by atoms with E-state index in [1.807, 2.05) is 0 Å². The Hall–Kier alpha value is -2.87. The molecule has 0 spiro atoms. The number of carbonyl (C=O) groups is 1. The Morgan fingerprint density at radius 3 is 2.60 bits per heavy atom. The van der Waals surface area contributed by atoms with E-state index in [4.69, 9.17) is 21.1 Å². The molecule has 1 atom stereocenters. The molecule has 0 aromatic heterocycles. The van der Waals surface area contributed by atoms with E-state index in [1.165, 1.54) is 38.3 Å². The molecule has 2 rings (SSSR count). The second-order valence-corrected chi connectivity index (χ2v) is 5.37. The molecule has 2 aromatic carbocycles. The Kier molecular flexibility index (Phi) is 5.76. The van der Waals surface area contributed by atoms with Crippen LogP contribution in [0.3, 0.4) is 0 Å². The van der Waals surface area contributed by atoms with Gasteiger partial charge in [0, 0.05) is 6.07 Å². The van der Waals surface area contributed by atoms with Crippen LogP contribution in [-0.4, -0.2) is 24.0 Å². The topological polar surface area (TPSA) is 90.7 Å². The smallest absolute Gasteiger partial charge is 0.273 e. The number of non-ortho nitro benzene ring substituents is 1. The summed E-state index contributed by atoms with van der Waals surface area (Å²) in [7, 11) is 1.33. The Balaban J connectivity index is 2.11. The summed E-state index contributed by atoms with van der Waals surface area (Å²) in [5.41, 5.74) is 0.0796. The Morgan fingerprint density at radius 2 is 2.00 bits per heavy atom. The van der Waals surface area contributed by atoms with Gasteiger partial charge in [0.25, 0.3) is 11.6 Å². The van der Waals surface area contributed by atoms with Crippen LogP contribution in [0.1, 0.15) is 6.92 Å². The molecule has 0 aliphatic rings. The maximum absolute atomic E-state index is 13.0. The van der Waals surface area contributed by atoms with Crippen LogP contribution >= 0.6 is 11.6 Å². The molecule has 132 valence electrons. The second kappa shape index (κ2) is 7.80. The average molecular weight is 369 g/mol. The fourth-order valence-electron chi connectivity index (χ4n) is 1.95. The van der Waals surface area contributed by atoms with Gasteiger partial charge in [0.2, 0.25) is 0 Å². The van der Waals surface area contributed by atoms with Gasteiger partial charge in [-0.3, -0.25) is 14.9 Å². The first-order chi connectivity index (χ1) is 11.8. The number of rotatable bonds is 6. The molecule has 0 heterocycles. The zero-order valence-electron chi connectivity index (χ0n) is 13.3. The second-order valence-electron chi connectivity index (χ2n) is 4.97. The van der Waals surface area contributed by atoms with Gasteiger partial charge >= 0.3 is 0 Å². The molecule has 0 aliphatic carbocycles. The molecule has 7 nitrogen and oxygen atoms in total. The zero-order chi connectivity index (χ0) is 18.6. The molecule has 0 aliphatic heterocycles. The van der Waals surface area contributed by atoms with Gasteiger partial charge in [-0.25, -0.2) is 4.39 Å². The van der Waals surface area contributed by atoms with E-state index in [0.717, 1.165) is 12.1 Å².